The van der Waals surface area contributed by atoms with Crippen LogP contribution in [0.2, 0.25) is 5.82 Å². The summed E-state index contributed by atoms with van der Waals surface area (Å²) in [6.07, 6.45) is -2.54. The van der Waals surface area contributed by atoms with Gasteiger partial charge in [-0.15, -0.1) is 0 Å². The van der Waals surface area contributed by atoms with Gasteiger partial charge in [0.15, 0.2) is 0 Å². The smallest absolute Gasteiger partial charge is 0.403 e. The van der Waals surface area contributed by atoms with Gasteiger partial charge in [0.2, 0.25) is 0 Å². The highest BCUT2D eigenvalue weighted by atomic mass is 19.4. The van der Waals surface area contributed by atoms with Crippen molar-refractivity contribution in [1.82, 2.24) is 9.78 Å². The maximum absolute atomic E-state index is 14.4. The molecule has 0 radical (unpaired) electrons. The van der Waals surface area contributed by atoms with Crippen LogP contribution in [0.15, 0.2) is 18.3 Å². The molecule has 1 aliphatic carbocycles. The van der Waals surface area contributed by atoms with Crippen molar-refractivity contribution in [3.8, 4) is 0 Å². The molecule has 146 valence electrons. The maximum atomic E-state index is 14.4. The number of alkyl halides is 3. The van der Waals surface area contributed by atoms with E-state index in [4.69, 9.17) is 9.31 Å². The molecule has 27 heavy (non-hydrogen) atoms. The molecule has 2 atom stereocenters. The lowest BCUT2D eigenvalue weighted by Gasteiger charge is -2.32. The zero-order chi connectivity index (χ0) is 19.8. The first-order valence-electron chi connectivity index (χ1n) is 8.95. The number of halogens is 4. The zero-order valence-corrected chi connectivity index (χ0v) is 15.6. The van der Waals surface area contributed by atoms with Crippen LogP contribution >= 0.6 is 0 Å². The summed E-state index contributed by atoms with van der Waals surface area (Å²) in [5, 5.41) is 3.80. The summed E-state index contributed by atoms with van der Waals surface area (Å²) in [4.78, 5) is 0. The van der Waals surface area contributed by atoms with Crippen molar-refractivity contribution in [2.45, 2.75) is 69.8 Å². The first-order valence-corrected chi connectivity index (χ1v) is 8.95. The van der Waals surface area contributed by atoms with Crippen LogP contribution < -0.4 is 0 Å². The fraction of sp³-hybridized carbons (Fsp3) is 0.611. The number of hydrogen-bond donors (Lipinski definition) is 0. The standard InChI is InChI=1S/C18H21BF4N2O2/c1-16(2)17(3,4)27-19(26-16)13-7-11(13)10-5-14(20)12-8-24-25(15(12)6-10)9-18(21,22)23/h5-6,8,11,13H,7,9H2,1-4H3/t11-,13+/m1/s1. The number of hydrogen-bond acceptors (Lipinski definition) is 3. The van der Waals surface area contributed by atoms with E-state index < -0.39 is 36.9 Å². The third kappa shape index (κ3) is 3.25. The summed E-state index contributed by atoms with van der Waals surface area (Å²) in [5.41, 5.74) is -0.0954. The Morgan fingerprint density at radius 3 is 2.41 bits per heavy atom. The van der Waals surface area contributed by atoms with Crippen molar-refractivity contribution in [2.75, 3.05) is 0 Å². The number of aromatic nitrogens is 2. The average Bonchev–Trinajstić information content (AvgIpc) is 3.16. The van der Waals surface area contributed by atoms with Gasteiger partial charge in [-0.3, -0.25) is 4.68 Å². The third-order valence-electron chi connectivity index (χ3n) is 5.95. The van der Waals surface area contributed by atoms with Crippen LogP contribution in [0.4, 0.5) is 17.6 Å². The van der Waals surface area contributed by atoms with Gasteiger partial charge in [-0.05, 0) is 57.7 Å². The molecule has 1 saturated carbocycles. The molecule has 0 amide bonds. The molecule has 0 spiro atoms. The molecular weight excluding hydrogens is 363 g/mol. The molecule has 1 aliphatic heterocycles. The van der Waals surface area contributed by atoms with E-state index in [0.717, 1.165) is 17.3 Å². The van der Waals surface area contributed by atoms with Crippen molar-refractivity contribution in [3.05, 3.63) is 29.7 Å². The normalized spacial score (nSPS) is 26.7. The van der Waals surface area contributed by atoms with Gasteiger partial charge in [-0.2, -0.15) is 18.3 Å². The summed E-state index contributed by atoms with van der Waals surface area (Å²) in [6, 6.07) is 2.99. The molecule has 2 heterocycles. The first-order chi connectivity index (χ1) is 12.4. The van der Waals surface area contributed by atoms with Gasteiger partial charge in [0, 0.05) is 5.82 Å². The minimum atomic E-state index is -4.42. The number of benzene rings is 1. The van der Waals surface area contributed by atoms with Gasteiger partial charge in [0.05, 0.1) is 28.3 Å². The molecular formula is C18H21BF4N2O2. The summed E-state index contributed by atoms with van der Waals surface area (Å²) in [7, 11) is -0.404. The molecule has 1 aromatic carbocycles. The van der Waals surface area contributed by atoms with Gasteiger partial charge in [0.25, 0.3) is 0 Å². The van der Waals surface area contributed by atoms with Gasteiger partial charge < -0.3 is 9.31 Å². The van der Waals surface area contributed by atoms with Gasteiger partial charge in [-0.25, -0.2) is 4.39 Å². The van der Waals surface area contributed by atoms with E-state index >= 15 is 0 Å². The highest BCUT2D eigenvalue weighted by Gasteiger charge is 2.60. The number of fused-ring (bicyclic) bond motifs is 1. The second kappa shape index (κ2) is 5.70. The molecule has 2 fully saturated rings. The lowest BCUT2D eigenvalue weighted by atomic mass is 9.79. The van der Waals surface area contributed by atoms with Crippen LogP contribution in [0.25, 0.3) is 10.9 Å². The van der Waals surface area contributed by atoms with Gasteiger partial charge in [0.1, 0.15) is 12.4 Å². The van der Waals surface area contributed by atoms with Crippen LogP contribution in [0.1, 0.15) is 45.6 Å². The quantitative estimate of drug-likeness (QED) is 0.569. The summed E-state index contributed by atoms with van der Waals surface area (Å²) in [6.45, 7) is 6.61. The van der Waals surface area contributed by atoms with Crippen LogP contribution in [0, 0.1) is 5.82 Å². The second-order valence-electron chi connectivity index (χ2n) is 8.48. The van der Waals surface area contributed by atoms with Gasteiger partial charge >= 0.3 is 13.3 Å². The lowest BCUT2D eigenvalue weighted by Crippen LogP contribution is -2.41. The predicted molar refractivity (Wildman–Crippen MR) is 92.9 cm³/mol. The van der Waals surface area contributed by atoms with Crippen molar-refractivity contribution >= 4 is 18.0 Å². The molecule has 4 rings (SSSR count). The minimum absolute atomic E-state index is 0.00663. The SMILES string of the molecule is CC1(C)OB([C@H]2C[C@@H]2c2cc(F)c3cnn(CC(F)(F)F)c3c2)OC1(C)C. The first kappa shape index (κ1) is 18.7. The maximum Gasteiger partial charge on any atom is 0.461 e. The summed E-state index contributed by atoms with van der Waals surface area (Å²) < 4.78 is 65.6. The van der Waals surface area contributed by atoms with E-state index in [0.29, 0.717) is 5.56 Å². The zero-order valence-electron chi connectivity index (χ0n) is 15.6. The molecule has 0 bridgehead atoms. The van der Waals surface area contributed by atoms with E-state index in [1.165, 1.54) is 6.07 Å². The van der Waals surface area contributed by atoms with E-state index in [1.807, 2.05) is 27.7 Å². The lowest BCUT2D eigenvalue weighted by molar-refractivity contribution is -0.141. The minimum Gasteiger partial charge on any atom is -0.403 e. The third-order valence-corrected chi connectivity index (χ3v) is 5.95. The highest BCUT2D eigenvalue weighted by Crippen LogP contribution is 2.58. The molecule has 1 aromatic heterocycles. The van der Waals surface area contributed by atoms with Crippen LogP contribution in [-0.2, 0) is 15.9 Å². The number of rotatable bonds is 3. The molecule has 0 unspecified atom stereocenters. The Labute approximate surface area is 155 Å². The molecule has 1 saturated heterocycles. The fourth-order valence-electron chi connectivity index (χ4n) is 3.63. The van der Waals surface area contributed by atoms with Crippen LogP contribution in [0.3, 0.4) is 0 Å². The van der Waals surface area contributed by atoms with Crippen molar-refractivity contribution < 1.29 is 26.9 Å². The van der Waals surface area contributed by atoms with Crippen LogP contribution in [0.5, 0.6) is 0 Å². The fourth-order valence-corrected chi connectivity index (χ4v) is 3.63. The molecule has 0 N–H and O–H groups in total. The van der Waals surface area contributed by atoms with E-state index in [2.05, 4.69) is 5.10 Å². The molecule has 2 aliphatic rings. The second-order valence-corrected chi connectivity index (χ2v) is 8.48. The highest BCUT2D eigenvalue weighted by molar-refractivity contribution is 6.49. The Bertz CT molecular complexity index is 877. The molecule has 2 aromatic rings. The Balaban J connectivity index is 1.60. The Hall–Kier alpha value is -1.61. The average molecular weight is 384 g/mol. The molecule has 9 heteroatoms. The van der Waals surface area contributed by atoms with Gasteiger partial charge in [-0.1, -0.05) is 0 Å². The largest absolute Gasteiger partial charge is 0.461 e. The molecule has 4 nitrogen and oxygen atoms in total. The Morgan fingerprint density at radius 1 is 1.19 bits per heavy atom. The van der Waals surface area contributed by atoms with E-state index in [1.54, 1.807) is 6.07 Å². The Morgan fingerprint density at radius 2 is 1.81 bits per heavy atom. The predicted octanol–water partition coefficient (Wildman–Crippen LogP) is 4.69. The van der Waals surface area contributed by atoms with Crippen molar-refractivity contribution in [2.24, 2.45) is 0 Å². The Kier molecular flexibility index (Phi) is 3.96. The number of nitrogens with zero attached hydrogens (tertiary/aromatic N) is 2. The van der Waals surface area contributed by atoms with E-state index in [-0.39, 0.29) is 22.6 Å². The summed E-state index contributed by atoms with van der Waals surface area (Å²) >= 11 is 0. The van der Waals surface area contributed by atoms with E-state index in [9.17, 15) is 17.6 Å². The van der Waals surface area contributed by atoms with Crippen LogP contribution in [-0.4, -0.2) is 34.3 Å². The van der Waals surface area contributed by atoms with Crippen molar-refractivity contribution in [3.63, 3.8) is 0 Å². The van der Waals surface area contributed by atoms with Crippen molar-refractivity contribution in [1.29, 1.82) is 0 Å². The summed E-state index contributed by atoms with van der Waals surface area (Å²) in [5.74, 6) is -0.509. The monoisotopic (exact) mass is 384 g/mol. The topological polar surface area (TPSA) is 36.3 Å².